The molecule has 6 heteroatoms. The quantitative estimate of drug-likeness (QED) is 0.737. The minimum atomic E-state index is -2.91. The summed E-state index contributed by atoms with van der Waals surface area (Å²) in [6.07, 6.45) is 5.21. The highest BCUT2D eigenvalue weighted by Crippen LogP contribution is 2.30. The largest absolute Gasteiger partial charge is 0.490 e. The Hall–Kier alpha value is -2.11. The molecule has 1 aliphatic rings. The Morgan fingerprint density at radius 2 is 2.04 bits per heavy atom. The number of hydrogen-bond donors (Lipinski definition) is 0. The van der Waals surface area contributed by atoms with Crippen LogP contribution in [0, 0.1) is 5.92 Å². The predicted octanol–water partition coefficient (Wildman–Crippen LogP) is 3.96. The number of carbonyl (C=O) groups is 1. The molecular formula is C18H23F2NO3. The van der Waals surface area contributed by atoms with Crippen LogP contribution in [-0.2, 0) is 4.79 Å². The molecule has 1 fully saturated rings. The molecule has 0 N–H and O–H groups in total. The molecule has 1 saturated heterocycles. The first-order valence-electron chi connectivity index (χ1n) is 8.18. The number of benzene rings is 1. The van der Waals surface area contributed by atoms with Crippen LogP contribution in [-0.4, -0.2) is 37.1 Å². The number of rotatable bonds is 6. The molecule has 0 spiro atoms. The average Bonchev–Trinajstić information content (AvgIpc) is 2.55. The van der Waals surface area contributed by atoms with Crippen LogP contribution in [0.3, 0.4) is 0 Å². The van der Waals surface area contributed by atoms with Gasteiger partial charge >= 0.3 is 6.61 Å². The van der Waals surface area contributed by atoms with Crippen LogP contribution in [0.15, 0.2) is 24.3 Å². The van der Waals surface area contributed by atoms with Gasteiger partial charge in [0.1, 0.15) is 0 Å². The molecule has 132 valence electrons. The highest BCUT2D eigenvalue weighted by molar-refractivity contribution is 5.91. The summed E-state index contributed by atoms with van der Waals surface area (Å²) in [4.78, 5) is 14.0. The second-order valence-electron chi connectivity index (χ2n) is 5.86. The number of carbonyl (C=O) groups excluding carboxylic acids is 1. The topological polar surface area (TPSA) is 38.8 Å². The van der Waals surface area contributed by atoms with Gasteiger partial charge in [-0.1, -0.05) is 13.0 Å². The van der Waals surface area contributed by atoms with Gasteiger partial charge in [0.25, 0.3) is 0 Å². The zero-order valence-corrected chi connectivity index (χ0v) is 14.0. The Balaban J connectivity index is 2.05. The normalized spacial score (nSPS) is 16.0. The zero-order chi connectivity index (χ0) is 17.5. The third-order valence-electron chi connectivity index (χ3n) is 4.00. The van der Waals surface area contributed by atoms with Crippen LogP contribution >= 0.6 is 0 Å². The Bertz CT molecular complexity index is 582. The summed E-state index contributed by atoms with van der Waals surface area (Å²) in [7, 11) is 0. The third-order valence-corrected chi connectivity index (χ3v) is 4.00. The molecule has 1 aromatic rings. The molecule has 0 saturated carbocycles. The van der Waals surface area contributed by atoms with Crippen molar-refractivity contribution in [2.75, 3.05) is 19.7 Å². The van der Waals surface area contributed by atoms with Crippen LogP contribution in [0.5, 0.6) is 11.5 Å². The zero-order valence-electron chi connectivity index (χ0n) is 14.0. The van der Waals surface area contributed by atoms with Crippen molar-refractivity contribution in [1.82, 2.24) is 4.90 Å². The van der Waals surface area contributed by atoms with Gasteiger partial charge in [-0.2, -0.15) is 8.78 Å². The minimum absolute atomic E-state index is 0.0136. The lowest BCUT2D eigenvalue weighted by molar-refractivity contribution is -0.127. The van der Waals surface area contributed by atoms with Crippen molar-refractivity contribution >= 4 is 12.0 Å². The second-order valence-corrected chi connectivity index (χ2v) is 5.86. The van der Waals surface area contributed by atoms with E-state index in [4.69, 9.17) is 4.74 Å². The van der Waals surface area contributed by atoms with Crippen molar-refractivity contribution in [3.8, 4) is 11.5 Å². The smallest absolute Gasteiger partial charge is 0.387 e. The molecule has 2 rings (SSSR count). The number of halogens is 2. The summed E-state index contributed by atoms with van der Waals surface area (Å²) in [5, 5.41) is 0. The molecule has 24 heavy (non-hydrogen) atoms. The Labute approximate surface area is 141 Å². The Morgan fingerprint density at radius 1 is 1.33 bits per heavy atom. The van der Waals surface area contributed by atoms with Crippen molar-refractivity contribution in [2.45, 2.75) is 33.3 Å². The van der Waals surface area contributed by atoms with E-state index in [0.29, 0.717) is 18.1 Å². The van der Waals surface area contributed by atoms with Crippen LogP contribution in [0.1, 0.15) is 32.3 Å². The van der Waals surface area contributed by atoms with E-state index in [2.05, 4.69) is 11.7 Å². The van der Waals surface area contributed by atoms with E-state index in [1.807, 2.05) is 4.90 Å². The highest BCUT2D eigenvalue weighted by Gasteiger charge is 2.18. The van der Waals surface area contributed by atoms with Crippen LogP contribution < -0.4 is 9.47 Å². The van der Waals surface area contributed by atoms with Crippen molar-refractivity contribution in [1.29, 1.82) is 0 Å². The molecule has 0 radical (unpaired) electrons. The maximum atomic E-state index is 12.4. The van der Waals surface area contributed by atoms with E-state index in [1.165, 1.54) is 12.1 Å². The minimum Gasteiger partial charge on any atom is -0.490 e. The fourth-order valence-electron chi connectivity index (χ4n) is 2.59. The lowest BCUT2D eigenvalue weighted by Gasteiger charge is -2.29. The first kappa shape index (κ1) is 18.2. The highest BCUT2D eigenvalue weighted by atomic mass is 19.3. The van der Waals surface area contributed by atoms with Crippen molar-refractivity contribution in [3.63, 3.8) is 0 Å². The molecule has 0 unspecified atom stereocenters. The molecule has 1 aliphatic heterocycles. The van der Waals surface area contributed by atoms with Gasteiger partial charge in [-0.3, -0.25) is 4.79 Å². The number of piperidine rings is 1. The fourth-order valence-corrected chi connectivity index (χ4v) is 2.59. The standard InChI is InChI=1S/C18H23F2NO3/c1-3-23-16-12-14(4-6-15(16)24-18(19)20)5-7-17(22)21-10-8-13(2)9-11-21/h4-7,12-13,18H,3,8-11H2,1-2H3/b7-5-. The van der Waals surface area contributed by atoms with Gasteiger partial charge in [-0.15, -0.1) is 0 Å². The summed E-state index contributed by atoms with van der Waals surface area (Å²) in [5.74, 6) is 0.849. The van der Waals surface area contributed by atoms with Crippen molar-refractivity contribution in [3.05, 3.63) is 29.8 Å². The summed E-state index contributed by atoms with van der Waals surface area (Å²) in [5.41, 5.74) is 0.693. The van der Waals surface area contributed by atoms with E-state index in [9.17, 15) is 13.6 Å². The van der Waals surface area contributed by atoms with Crippen molar-refractivity contribution < 1.29 is 23.0 Å². The van der Waals surface area contributed by atoms with E-state index in [-0.39, 0.29) is 17.4 Å². The van der Waals surface area contributed by atoms with Gasteiger partial charge in [0.05, 0.1) is 6.61 Å². The second kappa shape index (κ2) is 8.66. The molecular weight excluding hydrogens is 316 g/mol. The first-order valence-corrected chi connectivity index (χ1v) is 8.18. The number of nitrogens with zero attached hydrogens (tertiary/aromatic N) is 1. The third kappa shape index (κ3) is 5.22. The number of ether oxygens (including phenoxy) is 2. The predicted molar refractivity (Wildman–Crippen MR) is 88.3 cm³/mol. The molecule has 1 amide bonds. The van der Waals surface area contributed by atoms with E-state index in [1.54, 1.807) is 25.1 Å². The monoisotopic (exact) mass is 339 g/mol. The van der Waals surface area contributed by atoms with Gasteiger partial charge in [0.15, 0.2) is 11.5 Å². The summed E-state index contributed by atoms with van der Waals surface area (Å²) >= 11 is 0. The molecule has 4 nitrogen and oxygen atoms in total. The summed E-state index contributed by atoms with van der Waals surface area (Å²) in [6.45, 7) is 2.92. The van der Waals surface area contributed by atoms with Gasteiger partial charge in [-0.05, 0) is 49.5 Å². The Morgan fingerprint density at radius 3 is 2.67 bits per heavy atom. The van der Waals surface area contributed by atoms with Crippen LogP contribution in [0.25, 0.3) is 6.08 Å². The average molecular weight is 339 g/mol. The molecule has 0 bridgehead atoms. The lowest BCUT2D eigenvalue weighted by Crippen LogP contribution is -2.36. The maximum absolute atomic E-state index is 12.4. The maximum Gasteiger partial charge on any atom is 0.387 e. The SMILES string of the molecule is CCOc1cc(/C=C\C(=O)N2CCC(C)CC2)ccc1OC(F)F. The summed E-state index contributed by atoms with van der Waals surface area (Å²) in [6, 6.07) is 4.62. The molecule has 1 heterocycles. The summed E-state index contributed by atoms with van der Waals surface area (Å²) < 4.78 is 34.5. The fraction of sp³-hybridized carbons (Fsp3) is 0.500. The lowest BCUT2D eigenvalue weighted by atomic mass is 9.99. The molecule has 0 atom stereocenters. The van der Waals surface area contributed by atoms with Crippen LogP contribution in [0.2, 0.25) is 0 Å². The van der Waals surface area contributed by atoms with E-state index in [0.717, 1.165) is 25.9 Å². The number of hydrogen-bond acceptors (Lipinski definition) is 3. The van der Waals surface area contributed by atoms with Gasteiger partial charge < -0.3 is 14.4 Å². The van der Waals surface area contributed by atoms with Gasteiger partial charge in [0, 0.05) is 19.2 Å². The van der Waals surface area contributed by atoms with Gasteiger partial charge in [-0.25, -0.2) is 0 Å². The molecule has 0 aliphatic carbocycles. The van der Waals surface area contributed by atoms with Gasteiger partial charge in [0.2, 0.25) is 5.91 Å². The van der Waals surface area contributed by atoms with E-state index >= 15 is 0 Å². The van der Waals surface area contributed by atoms with Crippen LogP contribution in [0.4, 0.5) is 8.78 Å². The van der Waals surface area contributed by atoms with Crippen molar-refractivity contribution in [2.24, 2.45) is 5.92 Å². The molecule has 0 aromatic heterocycles. The molecule has 1 aromatic carbocycles. The first-order chi connectivity index (χ1) is 11.5. The number of alkyl halides is 2. The Kier molecular flexibility index (Phi) is 6.58. The number of likely N-dealkylation sites (tertiary alicyclic amines) is 1. The van der Waals surface area contributed by atoms with E-state index < -0.39 is 6.61 Å². The number of amides is 1.